The highest BCUT2D eigenvalue weighted by Crippen LogP contribution is 2.36. The number of carbonyl (C=O) groups excluding carboxylic acids is 2. The van der Waals surface area contributed by atoms with Crippen molar-refractivity contribution in [2.75, 3.05) is 18.1 Å². The van der Waals surface area contributed by atoms with E-state index in [1.165, 1.54) is 6.92 Å². The first-order valence-corrected chi connectivity index (χ1v) is 9.39. The summed E-state index contributed by atoms with van der Waals surface area (Å²) in [6.45, 7) is 4.25. The Bertz CT molecular complexity index is 886. The first kappa shape index (κ1) is 19.5. The van der Waals surface area contributed by atoms with Crippen LogP contribution in [-0.4, -0.2) is 25.0 Å². The lowest BCUT2D eigenvalue weighted by molar-refractivity contribution is -0.126. The number of benzene rings is 2. The SMILES string of the molecule is CC(=O)N[C@H]1C(=O)N(CCCOc2ccc(Cl)cc2Cl)c2ccc(C)cc21. The van der Waals surface area contributed by atoms with E-state index in [0.29, 0.717) is 35.4 Å². The lowest BCUT2D eigenvalue weighted by atomic mass is 10.1. The lowest BCUT2D eigenvalue weighted by Crippen LogP contribution is -2.37. The average Bonchev–Trinajstić information content (AvgIpc) is 2.84. The molecule has 0 aromatic heterocycles. The first-order valence-electron chi connectivity index (χ1n) is 8.63. The van der Waals surface area contributed by atoms with Gasteiger partial charge in [0, 0.05) is 29.7 Å². The maximum absolute atomic E-state index is 12.8. The standard InChI is InChI=1S/C20H20Cl2N2O3/c1-12-4-6-17-15(10-12)19(23-13(2)25)20(26)24(17)8-3-9-27-18-7-5-14(21)11-16(18)22/h4-7,10-11,19H,3,8-9H2,1-2H3,(H,23,25)/t19-/m1/s1. The van der Waals surface area contributed by atoms with Gasteiger partial charge in [0.15, 0.2) is 0 Å². The van der Waals surface area contributed by atoms with Gasteiger partial charge in [0.05, 0.1) is 11.6 Å². The van der Waals surface area contributed by atoms with Gasteiger partial charge in [-0.2, -0.15) is 0 Å². The minimum absolute atomic E-state index is 0.129. The molecule has 1 aliphatic rings. The van der Waals surface area contributed by atoms with Crippen LogP contribution in [0, 0.1) is 6.92 Å². The number of anilines is 1. The van der Waals surface area contributed by atoms with Crippen molar-refractivity contribution < 1.29 is 14.3 Å². The van der Waals surface area contributed by atoms with Gasteiger partial charge in [-0.05, 0) is 37.6 Å². The van der Waals surface area contributed by atoms with Gasteiger partial charge in [-0.25, -0.2) is 0 Å². The Morgan fingerprint density at radius 2 is 2.00 bits per heavy atom. The van der Waals surface area contributed by atoms with Crippen LogP contribution in [-0.2, 0) is 9.59 Å². The summed E-state index contributed by atoms with van der Waals surface area (Å²) in [5, 5.41) is 3.74. The summed E-state index contributed by atoms with van der Waals surface area (Å²) in [6.07, 6.45) is 0.616. The molecule has 7 heteroatoms. The zero-order valence-corrected chi connectivity index (χ0v) is 16.6. The smallest absolute Gasteiger partial charge is 0.254 e. The van der Waals surface area contributed by atoms with Crippen LogP contribution >= 0.6 is 23.2 Å². The van der Waals surface area contributed by atoms with Crippen molar-refractivity contribution >= 4 is 40.7 Å². The van der Waals surface area contributed by atoms with E-state index in [-0.39, 0.29) is 11.8 Å². The summed E-state index contributed by atoms with van der Waals surface area (Å²) in [5.74, 6) is 0.194. The summed E-state index contributed by atoms with van der Waals surface area (Å²) < 4.78 is 5.69. The zero-order chi connectivity index (χ0) is 19.6. The molecule has 2 aromatic carbocycles. The Morgan fingerprint density at radius 3 is 2.70 bits per heavy atom. The monoisotopic (exact) mass is 406 g/mol. The largest absolute Gasteiger partial charge is 0.492 e. The molecule has 0 bridgehead atoms. The van der Waals surface area contributed by atoms with Crippen LogP contribution in [0.2, 0.25) is 10.0 Å². The van der Waals surface area contributed by atoms with Crippen LogP contribution in [0.3, 0.4) is 0 Å². The Kier molecular flexibility index (Phi) is 5.92. The number of rotatable bonds is 6. The predicted octanol–water partition coefficient (Wildman–Crippen LogP) is 4.29. The van der Waals surface area contributed by atoms with Crippen molar-refractivity contribution in [3.63, 3.8) is 0 Å². The molecular weight excluding hydrogens is 387 g/mol. The summed E-state index contributed by atoms with van der Waals surface area (Å²) in [7, 11) is 0. The third kappa shape index (κ3) is 4.37. The fourth-order valence-corrected chi connectivity index (χ4v) is 3.59. The Labute approximate surface area is 168 Å². The number of ether oxygens (including phenoxy) is 1. The van der Waals surface area contributed by atoms with Crippen LogP contribution < -0.4 is 15.0 Å². The Balaban J connectivity index is 1.66. The average molecular weight is 407 g/mol. The number of amides is 2. The molecule has 0 aliphatic carbocycles. The number of hydrogen-bond acceptors (Lipinski definition) is 3. The molecule has 1 atom stereocenters. The quantitative estimate of drug-likeness (QED) is 0.727. The molecule has 2 amide bonds. The van der Waals surface area contributed by atoms with Crippen LogP contribution in [0.25, 0.3) is 0 Å². The molecule has 1 aliphatic heterocycles. The van der Waals surface area contributed by atoms with Crippen molar-refractivity contribution in [1.29, 1.82) is 0 Å². The number of nitrogens with zero attached hydrogens (tertiary/aromatic N) is 1. The van der Waals surface area contributed by atoms with Crippen molar-refractivity contribution in [2.45, 2.75) is 26.3 Å². The maximum atomic E-state index is 12.8. The van der Waals surface area contributed by atoms with Gasteiger partial charge in [-0.15, -0.1) is 0 Å². The van der Waals surface area contributed by atoms with E-state index in [1.807, 2.05) is 25.1 Å². The second kappa shape index (κ2) is 8.19. The molecule has 0 unspecified atom stereocenters. The third-order valence-electron chi connectivity index (χ3n) is 4.32. The molecule has 0 saturated heterocycles. The Morgan fingerprint density at radius 1 is 1.22 bits per heavy atom. The maximum Gasteiger partial charge on any atom is 0.254 e. The fraction of sp³-hybridized carbons (Fsp3) is 0.300. The highest BCUT2D eigenvalue weighted by molar-refractivity contribution is 6.35. The van der Waals surface area contributed by atoms with Crippen LogP contribution in [0.15, 0.2) is 36.4 Å². The van der Waals surface area contributed by atoms with Gasteiger partial charge in [0.2, 0.25) is 5.91 Å². The van der Waals surface area contributed by atoms with E-state index in [1.54, 1.807) is 23.1 Å². The molecule has 1 N–H and O–H groups in total. The topological polar surface area (TPSA) is 58.6 Å². The molecule has 1 heterocycles. The molecule has 27 heavy (non-hydrogen) atoms. The van der Waals surface area contributed by atoms with Crippen molar-refractivity contribution in [1.82, 2.24) is 5.32 Å². The number of halogens is 2. The van der Waals surface area contributed by atoms with Crippen molar-refractivity contribution in [3.8, 4) is 5.75 Å². The molecule has 142 valence electrons. The molecule has 0 radical (unpaired) electrons. The number of hydrogen-bond donors (Lipinski definition) is 1. The first-order chi connectivity index (χ1) is 12.9. The molecule has 3 rings (SSSR count). The van der Waals surface area contributed by atoms with Gasteiger partial charge in [-0.1, -0.05) is 40.9 Å². The normalized spacial score (nSPS) is 15.6. The van der Waals surface area contributed by atoms with Crippen molar-refractivity contribution in [2.24, 2.45) is 0 Å². The third-order valence-corrected chi connectivity index (χ3v) is 4.85. The van der Waals surface area contributed by atoms with Crippen LogP contribution in [0.1, 0.15) is 30.5 Å². The van der Waals surface area contributed by atoms with E-state index >= 15 is 0 Å². The minimum atomic E-state index is -0.635. The molecular formula is C20H20Cl2N2O3. The van der Waals surface area contributed by atoms with Crippen LogP contribution in [0.5, 0.6) is 5.75 Å². The minimum Gasteiger partial charge on any atom is -0.492 e. The van der Waals surface area contributed by atoms with Crippen molar-refractivity contribution in [3.05, 3.63) is 57.6 Å². The molecule has 2 aromatic rings. The van der Waals surface area contributed by atoms with E-state index in [9.17, 15) is 9.59 Å². The molecule has 0 spiro atoms. The highest BCUT2D eigenvalue weighted by Gasteiger charge is 2.37. The van der Waals surface area contributed by atoms with E-state index in [0.717, 1.165) is 16.8 Å². The van der Waals surface area contributed by atoms with Gasteiger partial charge in [-0.3, -0.25) is 9.59 Å². The number of aryl methyl sites for hydroxylation is 1. The number of carbonyl (C=O) groups is 2. The van der Waals surface area contributed by atoms with E-state index in [4.69, 9.17) is 27.9 Å². The summed E-state index contributed by atoms with van der Waals surface area (Å²) in [6, 6.07) is 10.2. The lowest BCUT2D eigenvalue weighted by Gasteiger charge is -2.18. The summed E-state index contributed by atoms with van der Waals surface area (Å²) >= 11 is 12.0. The van der Waals surface area contributed by atoms with Gasteiger partial charge in [0.25, 0.3) is 5.91 Å². The zero-order valence-electron chi connectivity index (χ0n) is 15.1. The van der Waals surface area contributed by atoms with Crippen LogP contribution in [0.4, 0.5) is 5.69 Å². The van der Waals surface area contributed by atoms with Gasteiger partial charge >= 0.3 is 0 Å². The second-order valence-electron chi connectivity index (χ2n) is 6.46. The summed E-state index contributed by atoms with van der Waals surface area (Å²) in [4.78, 5) is 26.0. The second-order valence-corrected chi connectivity index (χ2v) is 7.31. The summed E-state index contributed by atoms with van der Waals surface area (Å²) in [5.41, 5.74) is 2.70. The Hall–Kier alpha value is -2.24. The van der Waals surface area contributed by atoms with E-state index < -0.39 is 6.04 Å². The van der Waals surface area contributed by atoms with Gasteiger partial charge < -0.3 is 15.0 Å². The number of fused-ring (bicyclic) bond motifs is 1. The van der Waals surface area contributed by atoms with Gasteiger partial charge in [0.1, 0.15) is 11.8 Å². The fourth-order valence-electron chi connectivity index (χ4n) is 3.13. The molecule has 0 fully saturated rings. The van der Waals surface area contributed by atoms with E-state index in [2.05, 4.69) is 5.32 Å². The number of nitrogens with one attached hydrogen (secondary N) is 1. The highest BCUT2D eigenvalue weighted by atomic mass is 35.5. The molecule has 5 nitrogen and oxygen atoms in total. The molecule has 0 saturated carbocycles. The predicted molar refractivity (Wildman–Crippen MR) is 107 cm³/mol.